The average molecular weight is 426 g/mol. The highest BCUT2D eigenvalue weighted by molar-refractivity contribution is 7.99. The van der Waals surface area contributed by atoms with E-state index in [1.165, 1.54) is 11.8 Å². The van der Waals surface area contributed by atoms with Crippen molar-refractivity contribution in [3.05, 3.63) is 42.5 Å². The number of aryl methyl sites for hydroxylation is 1. The van der Waals surface area contributed by atoms with Gasteiger partial charge in [0.15, 0.2) is 16.7 Å². The van der Waals surface area contributed by atoms with Gasteiger partial charge in [-0.2, -0.15) is 0 Å². The third-order valence-corrected chi connectivity index (χ3v) is 5.50. The van der Waals surface area contributed by atoms with Gasteiger partial charge in [0, 0.05) is 24.7 Å². The maximum Gasteiger partial charge on any atom is 0.325 e. The summed E-state index contributed by atoms with van der Waals surface area (Å²) in [5.74, 6) is 0.898. The number of rotatable bonds is 5. The van der Waals surface area contributed by atoms with Crippen molar-refractivity contribution in [1.82, 2.24) is 14.9 Å². The summed E-state index contributed by atoms with van der Waals surface area (Å²) in [5.41, 5.74) is 2.43. The number of hydrogen-bond donors (Lipinski definition) is 2. The average Bonchev–Trinajstić information content (AvgIpc) is 2.93. The third-order valence-electron chi connectivity index (χ3n) is 4.53. The molecule has 0 unspecified atom stereocenters. The Morgan fingerprint density at radius 3 is 2.77 bits per heavy atom. The standard InChI is InChI=1S/C21H22N4O4S/c1-2-25-16-7-4-3-6-15(16)23-21(25)30-13-19(26)24-20(27)22-14-8-9-17-18(12-14)29-11-5-10-28-17/h3-4,6-9,12H,2,5,10-11,13H2,1H3,(H2,22,24,26,27). The van der Waals surface area contributed by atoms with Crippen LogP contribution in [-0.4, -0.2) is 40.5 Å². The highest BCUT2D eigenvalue weighted by Crippen LogP contribution is 2.32. The smallest absolute Gasteiger partial charge is 0.325 e. The number of imidazole rings is 1. The van der Waals surface area contributed by atoms with Crippen LogP contribution in [0.1, 0.15) is 13.3 Å². The Labute approximate surface area is 177 Å². The number of ether oxygens (including phenoxy) is 2. The number of anilines is 1. The molecule has 3 amide bonds. The second kappa shape index (κ2) is 9.08. The van der Waals surface area contributed by atoms with Crippen LogP contribution in [0.25, 0.3) is 11.0 Å². The van der Waals surface area contributed by atoms with Gasteiger partial charge in [-0.25, -0.2) is 9.78 Å². The molecule has 2 heterocycles. The molecule has 9 heteroatoms. The van der Waals surface area contributed by atoms with E-state index in [1.54, 1.807) is 18.2 Å². The molecule has 8 nitrogen and oxygen atoms in total. The van der Waals surface area contributed by atoms with Crippen molar-refractivity contribution >= 4 is 40.4 Å². The van der Waals surface area contributed by atoms with Crippen molar-refractivity contribution in [1.29, 1.82) is 0 Å². The Bertz CT molecular complexity index is 1080. The van der Waals surface area contributed by atoms with Crippen LogP contribution in [0.5, 0.6) is 11.5 Å². The van der Waals surface area contributed by atoms with Crippen LogP contribution in [0, 0.1) is 0 Å². The number of fused-ring (bicyclic) bond motifs is 2. The Morgan fingerprint density at radius 1 is 1.13 bits per heavy atom. The van der Waals surface area contributed by atoms with Crippen molar-refractivity contribution in [3.63, 3.8) is 0 Å². The lowest BCUT2D eigenvalue weighted by atomic mass is 10.3. The molecule has 0 spiro atoms. The van der Waals surface area contributed by atoms with E-state index in [2.05, 4.69) is 15.6 Å². The van der Waals surface area contributed by atoms with Crippen LogP contribution >= 0.6 is 11.8 Å². The first kappa shape index (κ1) is 20.1. The summed E-state index contributed by atoms with van der Waals surface area (Å²) in [7, 11) is 0. The first-order chi connectivity index (χ1) is 14.6. The van der Waals surface area contributed by atoms with Crippen LogP contribution in [0.4, 0.5) is 10.5 Å². The molecule has 0 radical (unpaired) electrons. The number of para-hydroxylation sites is 2. The second-order valence-electron chi connectivity index (χ2n) is 6.63. The molecule has 0 atom stereocenters. The molecule has 4 rings (SSSR count). The molecule has 0 aliphatic carbocycles. The number of amides is 3. The number of thioether (sulfide) groups is 1. The van der Waals surface area contributed by atoms with Gasteiger partial charge in [-0.1, -0.05) is 23.9 Å². The zero-order valence-corrected chi connectivity index (χ0v) is 17.3. The van der Waals surface area contributed by atoms with Gasteiger partial charge in [-0.3, -0.25) is 10.1 Å². The normalized spacial score (nSPS) is 13.0. The Kier molecular flexibility index (Phi) is 6.08. The minimum absolute atomic E-state index is 0.0812. The number of urea groups is 1. The molecular weight excluding hydrogens is 404 g/mol. The lowest BCUT2D eigenvalue weighted by Gasteiger charge is -2.11. The van der Waals surface area contributed by atoms with Crippen molar-refractivity contribution < 1.29 is 19.1 Å². The van der Waals surface area contributed by atoms with Gasteiger partial charge in [-0.05, 0) is 31.2 Å². The van der Waals surface area contributed by atoms with E-state index in [0.29, 0.717) is 30.4 Å². The molecule has 1 aliphatic rings. The van der Waals surface area contributed by atoms with E-state index < -0.39 is 11.9 Å². The van der Waals surface area contributed by atoms with E-state index in [4.69, 9.17) is 9.47 Å². The minimum Gasteiger partial charge on any atom is -0.490 e. The lowest BCUT2D eigenvalue weighted by molar-refractivity contribution is -0.117. The molecule has 2 aromatic carbocycles. The van der Waals surface area contributed by atoms with Gasteiger partial charge in [0.1, 0.15) is 0 Å². The highest BCUT2D eigenvalue weighted by atomic mass is 32.2. The number of benzene rings is 2. The maximum absolute atomic E-state index is 12.2. The number of carbonyl (C=O) groups excluding carboxylic acids is 2. The summed E-state index contributed by atoms with van der Waals surface area (Å²) in [6, 6.07) is 12.4. The van der Waals surface area contributed by atoms with Crippen LogP contribution in [0.15, 0.2) is 47.6 Å². The van der Waals surface area contributed by atoms with Gasteiger partial charge in [-0.15, -0.1) is 0 Å². The quantitative estimate of drug-likeness (QED) is 0.605. The summed E-state index contributed by atoms with van der Waals surface area (Å²) in [6.07, 6.45) is 0.802. The van der Waals surface area contributed by atoms with Crippen LogP contribution in [0.3, 0.4) is 0 Å². The fraction of sp³-hybridized carbons (Fsp3) is 0.286. The summed E-state index contributed by atoms with van der Waals surface area (Å²) >= 11 is 1.30. The molecule has 1 aromatic heterocycles. The largest absolute Gasteiger partial charge is 0.490 e. The molecule has 30 heavy (non-hydrogen) atoms. The molecule has 3 aromatic rings. The number of nitrogens with one attached hydrogen (secondary N) is 2. The second-order valence-corrected chi connectivity index (χ2v) is 7.57. The van der Waals surface area contributed by atoms with Crippen molar-refractivity contribution in [2.24, 2.45) is 0 Å². The first-order valence-electron chi connectivity index (χ1n) is 9.72. The number of imide groups is 1. The predicted molar refractivity (Wildman–Crippen MR) is 115 cm³/mol. The lowest BCUT2D eigenvalue weighted by Crippen LogP contribution is -2.35. The number of hydrogen-bond acceptors (Lipinski definition) is 6. The SMILES string of the molecule is CCn1c(SCC(=O)NC(=O)Nc2ccc3c(c2)OCCCO3)nc2ccccc21. The van der Waals surface area contributed by atoms with Gasteiger partial charge in [0.2, 0.25) is 5.91 Å². The molecule has 0 saturated carbocycles. The number of nitrogens with zero attached hydrogens (tertiary/aromatic N) is 2. The van der Waals surface area contributed by atoms with E-state index in [1.807, 2.05) is 35.8 Å². The third kappa shape index (κ3) is 4.51. The molecule has 0 bridgehead atoms. The fourth-order valence-electron chi connectivity index (χ4n) is 3.17. The zero-order valence-electron chi connectivity index (χ0n) is 16.5. The molecule has 156 valence electrons. The number of carbonyl (C=O) groups is 2. The zero-order chi connectivity index (χ0) is 20.9. The topological polar surface area (TPSA) is 94.5 Å². The van der Waals surface area contributed by atoms with Gasteiger partial charge >= 0.3 is 6.03 Å². The summed E-state index contributed by atoms with van der Waals surface area (Å²) in [5, 5.41) is 5.74. The predicted octanol–water partition coefficient (Wildman–Crippen LogP) is 3.66. The first-order valence-corrected chi connectivity index (χ1v) is 10.7. The number of aromatic nitrogens is 2. The van der Waals surface area contributed by atoms with E-state index >= 15 is 0 Å². The maximum atomic E-state index is 12.2. The monoisotopic (exact) mass is 426 g/mol. The van der Waals surface area contributed by atoms with E-state index in [-0.39, 0.29) is 5.75 Å². The Hall–Kier alpha value is -3.20. The summed E-state index contributed by atoms with van der Waals surface area (Å²) in [6.45, 7) is 3.93. The Morgan fingerprint density at radius 2 is 1.93 bits per heavy atom. The van der Waals surface area contributed by atoms with Gasteiger partial charge in [0.25, 0.3) is 0 Å². The Balaban J connectivity index is 1.33. The molecule has 2 N–H and O–H groups in total. The summed E-state index contributed by atoms with van der Waals surface area (Å²) in [4.78, 5) is 29.0. The minimum atomic E-state index is -0.598. The van der Waals surface area contributed by atoms with E-state index in [0.717, 1.165) is 29.2 Å². The van der Waals surface area contributed by atoms with Crippen molar-refractivity contribution in [3.8, 4) is 11.5 Å². The van der Waals surface area contributed by atoms with E-state index in [9.17, 15) is 9.59 Å². The summed E-state index contributed by atoms with van der Waals surface area (Å²) < 4.78 is 13.2. The van der Waals surface area contributed by atoms with Gasteiger partial charge in [0.05, 0.1) is 30.0 Å². The van der Waals surface area contributed by atoms with Crippen LogP contribution < -0.4 is 20.1 Å². The molecule has 0 fully saturated rings. The fourth-order valence-corrected chi connectivity index (χ4v) is 4.04. The molecule has 0 saturated heterocycles. The van der Waals surface area contributed by atoms with Gasteiger partial charge < -0.3 is 19.4 Å². The van der Waals surface area contributed by atoms with Crippen molar-refractivity contribution in [2.45, 2.75) is 25.0 Å². The molecule has 1 aliphatic heterocycles. The van der Waals surface area contributed by atoms with Crippen LogP contribution in [-0.2, 0) is 11.3 Å². The van der Waals surface area contributed by atoms with Crippen LogP contribution in [0.2, 0.25) is 0 Å². The van der Waals surface area contributed by atoms with Crippen molar-refractivity contribution in [2.75, 3.05) is 24.3 Å². The molecular formula is C21H22N4O4S. The highest BCUT2D eigenvalue weighted by Gasteiger charge is 2.15.